The van der Waals surface area contributed by atoms with Crippen molar-refractivity contribution in [1.82, 2.24) is 0 Å². The maximum absolute atomic E-state index is 12.8. The summed E-state index contributed by atoms with van der Waals surface area (Å²) >= 11 is 0.843. The second-order valence-corrected chi connectivity index (χ2v) is 4.60. The Balaban J connectivity index is 2.21. The summed E-state index contributed by atoms with van der Waals surface area (Å²) in [4.78, 5) is 0. The van der Waals surface area contributed by atoms with Crippen LogP contribution in [0.5, 0.6) is 0 Å². The van der Waals surface area contributed by atoms with Gasteiger partial charge >= 0.3 is 6.18 Å². The molecule has 13 heavy (non-hydrogen) atoms. The molecule has 0 amide bonds. The van der Waals surface area contributed by atoms with Crippen LogP contribution in [0.3, 0.4) is 0 Å². The fourth-order valence-electron chi connectivity index (χ4n) is 1.45. The van der Waals surface area contributed by atoms with Gasteiger partial charge in [0.1, 0.15) is 6.17 Å². The maximum atomic E-state index is 12.8. The highest BCUT2D eigenvalue weighted by atomic mass is 32.2. The van der Waals surface area contributed by atoms with Crippen LogP contribution in [0.2, 0.25) is 0 Å². The first kappa shape index (κ1) is 11.1. The minimum absolute atomic E-state index is 0.134. The van der Waals surface area contributed by atoms with Gasteiger partial charge in [0.15, 0.2) is 0 Å². The number of rotatable bonds is 2. The molecule has 5 heteroatoms. The average Bonchev–Trinajstić information content (AvgIpc) is 2.00. The minimum atomic E-state index is -4.12. The number of hydrogen-bond donors (Lipinski definition) is 0. The first-order valence-corrected chi connectivity index (χ1v) is 5.34. The molecule has 2 atom stereocenters. The summed E-state index contributed by atoms with van der Waals surface area (Å²) in [5.74, 6) is -0.843. The van der Waals surface area contributed by atoms with Crippen LogP contribution in [0.25, 0.3) is 0 Å². The Morgan fingerprint density at radius 2 is 1.92 bits per heavy atom. The van der Waals surface area contributed by atoms with Gasteiger partial charge in [-0.1, -0.05) is 0 Å². The summed E-state index contributed by atoms with van der Waals surface area (Å²) in [6, 6.07) is 0. The molecular weight excluding hydrogens is 204 g/mol. The average molecular weight is 216 g/mol. The van der Waals surface area contributed by atoms with Crippen LogP contribution in [0.1, 0.15) is 25.7 Å². The highest BCUT2D eigenvalue weighted by Crippen LogP contribution is 2.33. The second-order valence-electron chi connectivity index (χ2n) is 3.31. The molecule has 0 nitrogen and oxygen atoms in total. The van der Waals surface area contributed by atoms with Gasteiger partial charge in [0.2, 0.25) is 0 Å². The fourth-order valence-corrected chi connectivity index (χ4v) is 2.55. The van der Waals surface area contributed by atoms with Crippen LogP contribution in [-0.4, -0.2) is 23.4 Å². The van der Waals surface area contributed by atoms with Gasteiger partial charge in [-0.3, -0.25) is 0 Å². The predicted molar refractivity (Wildman–Crippen MR) is 45.7 cm³/mol. The normalized spacial score (nSPS) is 30.5. The maximum Gasteiger partial charge on any atom is 0.397 e. The van der Waals surface area contributed by atoms with Crippen LogP contribution in [-0.2, 0) is 0 Å². The van der Waals surface area contributed by atoms with E-state index in [1.807, 2.05) is 0 Å². The van der Waals surface area contributed by atoms with Crippen LogP contribution >= 0.6 is 11.8 Å². The Kier molecular flexibility index (Phi) is 3.88. The van der Waals surface area contributed by atoms with Crippen LogP contribution in [0.4, 0.5) is 17.6 Å². The van der Waals surface area contributed by atoms with Crippen LogP contribution < -0.4 is 0 Å². The lowest BCUT2D eigenvalue weighted by Crippen LogP contribution is -2.21. The summed E-state index contributed by atoms with van der Waals surface area (Å²) < 4.78 is 48.1. The second kappa shape index (κ2) is 4.53. The van der Waals surface area contributed by atoms with Crippen molar-refractivity contribution in [3.63, 3.8) is 0 Å². The van der Waals surface area contributed by atoms with E-state index in [4.69, 9.17) is 0 Å². The Morgan fingerprint density at radius 3 is 2.46 bits per heavy atom. The van der Waals surface area contributed by atoms with Crippen molar-refractivity contribution in [2.45, 2.75) is 43.3 Å². The van der Waals surface area contributed by atoms with Crippen LogP contribution in [0.15, 0.2) is 0 Å². The zero-order valence-corrected chi connectivity index (χ0v) is 7.93. The van der Waals surface area contributed by atoms with E-state index < -0.39 is 18.1 Å². The SMILES string of the molecule is FC1CCCC(SCC(F)(F)F)C1. The van der Waals surface area contributed by atoms with E-state index in [-0.39, 0.29) is 5.25 Å². The molecule has 0 aromatic rings. The number of alkyl halides is 4. The zero-order valence-electron chi connectivity index (χ0n) is 7.11. The summed E-state index contributed by atoms with van der Waals surface area (Å²) in [7, 11) is 0. The van der Waals surface area contributed by atoms with Gasteiger partial charge in [-0.15, -0.1) is 11.8 Å². The molecule has 1 saturated carbocycles. The predicted octanol–water partition coefficient (Wildman–Crippen LogP) is 3.56. The van der Waals surface area contributed by atoms with Gasteiger partial charge in [-0.2, -0.15) is 13.2 Å². The molecule has 2 unspecified atom stereocenters. The largest absolute Gasteiger partial charge is 0.397 e. The molecule has 0 aromatic heterocycles. The van der Waals surface area contributed by atoms with Crippen LogP contribution in [0, 0.1) is 0 Å². The Hall–Kier alpha value is 0.0700. The molecule has 1 fully saturated rings. The molecule has 0 aromatic carbocycles. The van der Waals surface area contributed by atoms with Gasteiger partial charge in [0.25, 0.3) is 0 Å². The summed E-state index contributed by atoms with van der Waals surface area (Å²) in [5, 5.41) is -0.134. The van der Waals surface area contributed by atoms with Crippen molar-refractivity contribution in [2.24, 2.45) is 0 Å². The number of hydrogen-bond acceptors (Lipinski definition) is 1. The zero-order chi connectivity index (χ0) is 9.90. The third-order valence-corrected chi connectivity index (χ3v) is 3.44. The molecule has 0 bridgehead atoms. The quantitative estimate of drug-likeness (QED) is 0.636. The molecule has 0 N–H and O–H groups in total. The summed E-state index contributed by atoms with van der Waals surface area (Å²) in [5.41, 5.74) is 0. The van der Waals surface area contributed by atoms with Gasteiger partial charge in [-0.05, 0) is 25.7 Å². The lowest BCUT2D eigenvalue weighted by atomic mass is 9.98. The molecule has 0 heterocycles. The first-order valence-electron chi connectivity index (χ1n) is 4.30. The lowest BCUT2D eigenvalue weighted by molar-refractivity contribution is -0.105. The van der Waals surface area contributed by atoms with Gasteiger partial charge in [0.05, 0.1) is 5.75 Å². The van der Waals surface area contributed by atoms with Crippen molar-refractivity contribution >= 4 is 11.8 Å². The van der Waals surface area contributed by atoms with E-state index in [1.165, 1.54) is 0 Å². The molecule has 0 aliphatic heterocycles. The Bertz CT molecular complexity index is 157. The van der Waals surface area contributed by atoms with E-state index in [0.717, 1.165) is 24.6 Å². The molecule has 1 aliphatic carbocycles. The lowest BCUT2D eigenvalue weighted by Gasteiger charge is -2.24. The van der Waals surface area contributed by atoms with E-state index in [2.05, 4.69) is 0 Å². The molecule has 0 saturated heterocycles. The molecule has 1 rings (SSSR count). The fraction of sp³-hybridized carbons (Fsp3) is 1.00. The van der Waals surface area contributed by atoms with Crippen molar-refractivity contribution in [3.05, 3.63) is 0 Å². The third kappa shape index (κ3) is 4.74. The van der Waals surface area contributed by atoms with Gasteiger partial charge in [0, 0.05) is 5.25 Å². The highest BCUT2D eigenvalue weighted by Gasteiger charge is 2.30. The number of halogens is 4. The van der Waals surface area contributed by atoms with Gasteiger partial charge in [-0.25, -0.2) is 4.39 Å². The summed E-state index contributed by atoms with van der Waals surface area (Å²) in [6.07, 6.45) is -2.75. The standard InChI is InChI=1S/C8H12F4S/c9-6-2-1-3-7(4-6)13-5-8(10,11)12/h6-7H,1-5H2. The molecule has 0 radical (unpaired) electrons. The van der Waals surface area contributed by atoms with Crippen molar-refractivity contribution in [1.29, 1.82) is 0 Å². The van der Waals surface area contributed by atoms with Crippen molar-refractivity contribution < 1.29 is 17.6 Å². The van der Waals surface area contributed by atoms with Gasteiger partial charge < -0.3 is 0 Å². The molecular formula is C8H12F4S. The van der Waals surface area contributed by atoms with Crippen molar-refractivity contribution in [3.8, 4) is 0 Å². The molecule has 1 aliphatic rings. The smallest absolute Gasteiger partial charge is 0.247 e. The van der Waals surface area contributed by atoms with E-state index in [1.54, 1.807) is 0 Å². The monoisotopic (exact) mass is 216 g/mol. The molecule has 78 valence electrons. The third-order valence-electron chi connectivity index (χ3n) is 2.04. The number of thioether (sulfide) groups is 1. The minimum Gasteiger partial charge on any atom is -0.247 e. The molecule has 0 spiro atoms. The highest BCUT2D eigenvalue weighted by molar-refractivity contribution is 7.99. The topological polar surface area (TPSA) is 0 Å². The van der Waals surface area contributed by atoms with Crippen molar-refractivity contribution in [2.75, 3.05) is 5.75 Å². The summed E-state index contributed by atoms with van der Waals surface area (Å²) in [6.45, 7) is 0. The van der Waals surface area contributed by atoms with E-state index >= 15 is 0 Å². The Morgan fingerprint density at radius 1 is 1.23 bits per heavy atom. The van der Waals surface area contributed by atoms with E-state index in [0.29, 0.717) is 12.8 Å². The Labute approximate surface area is 79.1 Å². The first-order chi connectivity index (χ1) is 5.97. The van der Waals surface area contributed by atoms with E-state index in [9.17, 15) is 17.6 Å².